The minimum absolute atomic E-state index is 0.0259. The van der Waals surface area contributed by atoms with E-state index in [1.54, 1.807) is 12.1 Å². The number of hydrogen-bond acceptors (Lipinski definition) is 6. The van der Waals surface area contributed by atoms with Crippen LogP contribution in [0.4, 0.5) is 5.69 Å². The molecule has 0 aliphatic rings. The maximum atomic E-state index is 12.2. The van der Waals surface area contributed by atoms with Crippen molar-refractivity contribution in [2.45, 2.75) is 0 Å². The van der Waals surface area contributed by atoms with E-state index in [0.717, 1.165) is 6.07 Å². The zero-order valence-corrected chi connectivity index (χ0v) is 12.6. The van der Waals surface area contributed by atoms with Gasteiger partial charge in [0.25, 0.3) is 5.69 Å². The quantitative estimate of drug-likeness (QED) is 0.236. The summed E-state index contributed by atoms with van der Waals surface area (Å²) in [5.74, 6) is -0.745. The second-order valence-electron chi connectivity index (χ2n) is 4.76. The van der Waals surface area contributed by atoms with E-state index < -0.39 is 16.5 Å². The molecule has 0 N–H and O–H groups in total. The van der Waals surface area contributed by atoms with Crippen LogP contribution in [-0.4, -0.2) is 10.9 Å². The molecule has 0 amide bonds. The highest BCUT2D eigenvalue weighted by Crippen LogP contribution is 2.25. The molecule has 0 aliphatic heterocycles. The topological polar surface area (TPSA) is 99.7 Å². The number of nitro groups is 1. The van der Waals surface area contributed by atoms with Gasteiger partial charge < -0.3 is 9.15 Å². The van der Waals surface area contributed by atoms with Crippen LogP contribution in [0.2, 0.25) is 5.02 Å². The van der Waals surface area contributed by atoms with Gasteiger partial charge in [-0.25, -0.2) is 9.59 Å². The Morgan fingerprint density at radius 1 is 1.12 bits per heavy atom. The molecule has 8 heteroatoms. The Labute approximate surface area is 139 Å². The summed E-state index contributed by atoms with van der Waals surface area (Å²) in [5.41, 5.74) is -0.706. The van der Waals surface area contributed by atoms with Crippen LogP contribution in [0.5, 0.6) is 5.75 Å². The van der Waals surface area contributed by atoms with Crippen LogP contribution in [-0.2, 0) is 0 Å². The van der Waals surface area contributed by atoms with Gasteiger partial charge in [0.05, 0.1) is 15.5 Å². The van der Waals surface area contributed by atoms with Gasteiger partial charge in [0.1, 0.15) is 11.3 Å². The minimum Gasteiger partial charge on any atom is -0.423 e. The Kier molecular flexibility index (Phi) is 4.01. The molecule has 0 fully saturated rings. The SMILES string of the molecule is O=C(Oc1ccc2ccc(=O)oc2c1)c1cc([N+](=O)[O-])ccc1Cl. The van der Waals surface area contributed by atoms with Crippen LogP contribution in [0.25, 0.3) is 11.0 Å². The summed E-state index contributed by atoms with van der Waals surface area (Å²) < 4.78 is 10.2. The Balaban J connectivity index is 1.93. The van der Waals surface area contributed by atoms with Gasteiger partial charge in [-0.05, 0) is 24.3 Å². The van der Waals surface area contributed by atoms with Crippen LogP contribution in [0.3, 0.4) is 0 Å². The van der Waals surface area contributed by atoms with E-state index in [9.17, 15) is 19.7 Å². The fraction of sp³-hybridized carbons (Fsp3) is 0. The highest BCUT2D eigenvalue weighted by Gasteiger charge is 2.18. The molecule has 24 heavy (non-hydrogen) atoms. The molecule has 1 aromatic heterocycles. The monoisotopic (exact) mass is 345 g/mol. The second-order valence-corrected chi connectivity index (χ2v) is 5.17. The summed E-state index contributed by atoms with van der Waals surface area (Å²) in [6.45, 7) is 0. The maximum Gasteiger partial charge on any atom is 0.345 e. The zero-order valence-electron chi connectivity index (χ0n) is 11.9. The molecule has 0 saturated heterocycles. The van der Waals surface area contributed by atoms with E-state index in [4.69, 9.17) is 20.8 Å². The average Bonchev–Trinajstić information content (AvgIpc) is 2.54. The van der Waals surface area contributed by atoms with Crippen molar-refractivity contribution in [3.63, 3.8) is 0 Å². The van der Waals surface area contributed by atoms with Crippen molar-refractivity contribution in [3.05, 3.63) is 79.7 Å². The number of non-ortho nitro benzene ring substituents is 1. The summed E-state index contributed by atoms with van der Waals surface area (Å²) in [7, 11) is 0. The van der Waals surface area contributed by atoms with Crippen molar-refractivity contribution < 1.29 is 18.9 Å². The molecule has 0 spiro atoms. The standard InChI is InChI=1S/C16H8ClNO6/c17-13-5-3-10(18(21)22)7-12(13)16(20)23-11-4-1-9-2-6-15(19)24-14(9)8-11/h1-8H. The van der Waals surface area contributed by atoms with Crippen molar-refractivity contribution in [1.82, 2.24) is 0 Å². The summed E-state index contributed by atoms with van der Waals surface area (Å²) >= 11 is 5.89. The molecule has 0 atom stereocenters. The number of nitro benzene ring substituents is 1. The third-order valence-electron chi connectivity index (χ3n) is 3.19. The van der Waals surface area contributed by atoms with Gasteiger partial charge >= 0.3 is 11.6 Å². The summed E-state index contributed by atoms with van der Waals surface area (Å²) in [6, 6.07) is 10.8. The lowest BCUT2D eigenvalue weighted by molar-refractivity contribution is -0.384. The summed E-state index contributed by atoms with van der Waals surface area (Å²) in [6.07, 6.45) is 0. The maximum absolute atomic E-state index is 12.2. The zero-order chi connectivity index (χ0) is 17.3. The molecule has 2 aromatic carbocycles. The fourth-order valence-electron chi connectivity index (χ4n) is 2.05. The van der Waals surface area contributed by atoms with Crippen LogP contribution < -0.4 is 10.4 Å². The fourth-order valence-corrected chi connectivity index (χ4v) is 2.24. The Hall–Kier alpha value is -3.19. The molecular weight excluding hydrogens is 338 g/mol. The third kappa shape index (κ3) is 3.11. The highest BCUT2D eigenvalue weighted by atomic mass is 35.5. The number of carbonyl (C=O) groups is 1. The van der Waals surface area contributed by atoms with Crippen molar-refractivity contribution in [1.29, 1.82) is 0 Å². The lowest BCUT2D eigenvalue weighted by atomic mass is 10.2. The number of ether oxygens (including phenoxy) is 1. The van der Waals surface area contributed by atoms with Gasteiger partial charge in [0.15, 0.2) is 0 Å². The largest absolute Gasteiger partial charge is 0.423 e. The van der Waals surface area contributed by atoms with Crippen LogP contribution in [0.1, 0.15) is 10.4 Å². The van der Waals surface area contributed by atoms with Gasteiger partial charge in [-0.15, -0.1) is 0 Å². The normalized spacial score (nSPS) is 10.5. The van der Waals surface area contributed by atoms with Gasteiger partial charge in [0, 0.05) is 29.7 Å². The highest BCUT2D eigenvalue weighted by molar-refractivity contribution is 6.33. The first-order valence-corrected chi connectivity index (χ1v) is 7.02. The van der Waals surface area contributed by atoms with Crippen molar-refractivity contribution in [2.75, 3.05) is 0 Å². The Bertz CT molecular complexity index is 1030. The number of nitrogens with zero attached hydrogens (tertiary/aromatic N) is 1. The first-order chi connectivity index (χ1) is 11.4. The van der Waals surface area contributed by atoms with Gasteiger partial charge in [0.2, 0.25) is 0 Å². The number of rotatable bonds is 3. The molecule has 1 heterocycles. The van der Waals surface area contributed by atoms with Crippen LogP contribution in [0.15, 0.2) is 57.7 Å². The number of carbonyl (C=O) groups excluding carboxylic acids is 1. The smallest absolute Gasteiger partial charge is 0.345 e. The van der Waals surface area contributed by atoms with E-state index >= 15 is 0 Å². The van der Waals surface area contributed by atoms with Crippen LogP contribution >= 0.6 is 11.6 Å². The molecular formula is C16H8ClNO6. The number of esters is 1. The van der Waals surface area contributed by atoms with Crippen molar-refractivity contribution >= 4 is 34.2 Å². The molecule has 0 radical (unpaired) electrons. The van der Waals surface area contributed by atoms with Crippen molar-refractivity contribution in [2.24, 2.45) is 0 Å². The summed E-state index contributed by atoms with van der Waals surface area (Å²) in [5, 5.41) is 11.5. The number of halogens is 1. The third-order valence-corrected chi connectivity index (χ3v) is 3.52. The van der Waals surface area contributed by atoms with E-state index in [1.807, 2.05) is 0 Å². The van der Waals surface area contributed by atoms with Gasteiger partial charge in [-0.1, -0.05) is 11.6 Å². The summed E-state index contributed by atoms with van der Waals surface area (Å²) in [4.78, 5) is 33.6. The number of hydrogen-bond donors (Lipinski definition) is 0. The lowest BCUT2D eigenvalue weighted by Gasteiger charge is -2.06. The lowest BCUT2D eigenvalue weighted by Crippen LogP contribution is -2.09. The second kappa shape index (κ2) is 6.13. The van der Waals surface area contributed by atoms with E-state index in [1.165, 1.54) is 30.3 Å². The molecule has 3 aromatic rings. The van der Waals surface area contributed by atoms with E-state index in [-0.39, 0.29) is 27.6 Å². The first-order valence-electron chi connectivity index (χ1n) is 6.64. The first kappa shape index (κ1) is 15.7. The number of benzene rings is 2. The Morgan fingerprint density at radius 2 is 1.88 bits per heavy atom. The number of fused-ring (bicyclic) bond motifs is 1. The molecule has 120 valence electrons. The Morgan fingerprint density at radius 3 is 2.62 bits per heavy atom. The molecule has 0 bridgehead atoms. The predicted octanol–water partition coefficient (Wildman–Crippen LogP) is 3.57. The molecule has 0 saturated carbocycles. The predicted molar refractivity (Wildman–Crippen MR) is 85.5 cm³/mol. The molecule has 0 aliphatic carbocycles. The van der Waals surface area contributed by atoms with Crippen molar-refractivity contribution in [3.8, 4) is 5.75 Å². The molecule has 0 unspecified atom stereocenters. The van der Waals surface area contributed by atoms with Gasteiger partial charge in [-0.3, -0.25) is 10.1 Å². The van der Waals surface area contributed by atoms with E-state index in [0.29, 0.717) is 5.39 Å². The average molecular weight is 346 g/mol. The van der Waals surface area contributed by atoms with E-state index in [2.05, 4.69) is 0 Å². The van der Waals surface area contributed by atoms with Gasteiger partial charge in [-0.2, -0.15) is 0 Å². The minimum atomic E-state index is -0.860. The van der Waals surface area contributed by atoms with Crippen LogP contribution in [0, 0.1) is 10.1 Å². The molecule has 7 nitrogen and oxygen atoms in total. The molecule has 3 rings (SSSR count).